The van der Waals surface area contributed by atoms with Crippen LogP contribution in [-0.2, 0) is 15.8 Å². The molecule has 0 radical (unpaired) electrons. The van der Waals surface area contributed by atoms with Gasteiger partial charge in [0.05, 0.1) is 4.90 Å². The van der Waals surface area contributed by atoms with Crippen molar-refractivity contribution in [3.8, 4) is 0 Å². The fraction of sp³-hybridized carbons (Fsp3) is 0.417. The van der Waals surface area contributed by atoms with Gasteiger partial charge in [-0.1, -0.05) is 22.0 Å². The number of hydrogen-bond donors (Lipinski definition) is 0. The van der Waals surface area contributed by atoms with E-state index in [1.807, 2.05) is 0 Å². The number of carbonyl (C=O) groups is 1. The fourth-order valence-electron chi connectivity index (χ4n) is 1.96. The van der Waals surface area contributed by atoms with Crippen LogP contribution in [0.4, 0.5) is 13.2 Å². The largest absolute Gasteiger partial charge is 0.471 e. The van der Waals surface area contributed by atoms with Crippen LogP contribution in [0.3, 0.4) is 0 Å². The number of nitrogens with zero attached hydrogens (tertiary/aromatic N) is 2. The Morgan fingerprint density at radius 2 is 1.81 bits per heavy atom. The minimum atomic E-state index is -4.86. The first-order chi connectivity index (χ1) is 9.79. The minimum absolute atomic E-state index is 0.0852. The van der Waals surface area contributed by atoms with Crippen molar-refractivity contribution in [1.29, 1.82) is 0 Å². The third kappa shape index (κ3) is 4.04. The van der Waals surface area contributed by atoms with E-state index in [0.29, 0.717) is 4.90 Å². The van der Waals surface area contributed by atoms with Crippen LogP contribution in [0.25, 0.3) is 0 Å². The zero-order valence-electron chi connectivity index (χ0n) is 10.8. The van der Waals surface area contributed by atoms with Crippen LogP contribution < -0.4 is 0 Å². The molecule has 0 spiro atoms. The maximum Gasteiger partial charge on any atom is 0.471 e. The quantitative estimate of drug-likeness (QED) is 0.783. The summed E-state index contributed by atoms with van der Waals surface area (Å²) in [6.45, 7) is 0.109. The van der Waals surface area contributed by atoms with E-state index in [1.165, 1.54) is 0 Å². The Hall–Kier alpha value is -0.930. The summed E-state index contributed by atoms with van der Waals surface area (Å²) in [5.41, 5.74) is 0. The van der Waals surface area contributed by atoms with E-state index in [4.69, 9.17) is 0 Å². The highest BCUT2D eigenvalue weighted by molar-refractivity contribution is 9.10. The molecule has 0 N–H and O–H groups in total. The number of alkyl halides is 3. The molecule has 0 bridgehead atoms. The van der Waals surface area contributed by atoms with Crippen molar-refractivity contribution < 1.29 is 22.2 Å². The Kier molecular flexibility index (Phi) is 5.05. The van der Waals surface area contributed by atoms with Crippen LogP contribution in [-0.4, -0.2) is 51.7 Å². The summed E-state index contributed by atoms with van der Waals surface area (Å²) in [4.78, 5) is 12.4. The molecule has 1 aromatic rings. The predicted octanol–water partition coefficient (Wildman–Crippen LogP) is 2.18. The van der Waals surface area contributed by atoms with Gasteiger partial charge in [0.2, 0.25) is 0 Å². The predicted molar refractivity (Wildman–Crippen MR) is 74.8 cm³/mol. The summed E-state index contributed by atoms with van der Waals surface area (Å²) in [7, 11) is -1.45. The van der Waals surface area contributed by atoms with Gasteiger partial charge in [-0.2, -0.15) is 13.2 Å². The summed E-state index contributed by atoms with van der Waals surface area (Å²) < 4.78 is 51.6. The molecule has 116 valence electrons. The third-order valence-corrected chi connectivity index (χ3v) is 4.99. The van der Waals surface area contributed by atoms with Crippen LogP contribution in [0.2, 0.25) is 0 Å². The number of amides is 1. The SMILES string of the molecule is O=C(N1CCN(S(=O)c2cccc(Br)c2)CC1)C(F)(F)F. The van der Waals surface area contributed by atoms with Crippen LogP contribution >= 0.6 is 15.9 Å². The maximum atomic E-state index is 12.3. The van der Waals surface area contributed by atoms with Gasteiger partial charge < -0.3 is 4.90 Å². The zero-order chi connectivity index (χ0) is 15.6. The number of hydrogen-bond acceptors (Lipinski definition) is 2. The first kappa shape index (κ1) is 16.4. The molecule has 1 heterocycles. The molecule has 1 unspecified atom stereocenters. The van der Waals surface area contributed by atoms with Gasteiger partial charge in [0.1, 0.15) is 11.0 Å². The second-order valence-corrected chi connectivity index (χ2v) is 6.83. The first-order valence-electron chi connectivity index (χ1n) is 6.07. The summed E-state index contributed by atoms with van der Waals surface area (Å²) >= 11 is 3.27. The van der Waals surface area contributed by atoms with Crippen molar-refractivity contribution in [2.45, 2.75) is 11.1 Å². The van der Waals surface area contributed by atoms with Gasteiger partial charge in [0, 0.05) is 30.7 Å². The Morgan fingerprint density at radius 1 is 1.19 bits per heavy atom. The molecular weight excluding hydrogens is 373 g/mol. The molecule has 1 saturated heterocycles. The van der Waals surface area contributed by atoms with Crippen molar-refractivity contribution in [3.05, 3.63) is 28.7 Å². The molecule has 1 aliphatic rings. The van der Waals surface area contributed by atoms with Crippen molar-refractivity contribution >= 4 is 32.8 Å². The molecular formula is C12H12BrF3N2O2S. The molecule has 2 rings (SSSR count). The molecule has 4 nitrogen and oxygen atoms in total. The van der Waals surface area contributed by atoms with E-state index in [9.17, 15) is 22.2 Å². The molecule has 1 atom stereocenters. The van der Waals surface area contributed by atoms with E-state index in [-0.39, 0.29) is 26.2 Å². The summed E-state index contributed by atoms with van der Waals surface area (Å²) in [6.07, 6.45) is -4.86. The molecule has 0 aromatic heterocycles. The topological polar surface area (TPSA) is 40.6 Å². The van der Waals surface area contributed by atoms with E-state index < -0.39 is 23.1 Å². The lowest BCUT2D eigenvalue weighted by Gasteiger charge is -2.33. The van der Waals surface area contributed by atoms with Crippen LogP contribution in [0.1, 0.15) is 0 Å². The van der Waals surface area contributed by atoms with E-state index in [0.717, 1.165) is 9.37 Å². The van der Waals surface area contributed by atoms with Crippen molar-refractivity contribution in [2.24, 2.45) is 0 Å². The van der Waals surface area contributed by atoms with Gasteiger partial charge in [-0.05, 0) is 18.2 Å². The van der Waals surface area contributed by atoms with Crippen LogP contribution in [0, 0.1) is 0 Å². The van der Waals surface area contributed by atoms with Gasteiger partial charge in [-0.3, -0.25) is 4.79 Å². The van der Waals surface area contributed by atoms with Crippen LogP contribution in [0.15, 0.2) is 33.6 Å². The lowest BCUT2D eigenvalue weighted by Crippen LogP contribution is -2.52. The molecule has 21 heavy (non-hydrogen) atoms. The number of carbonyl (C=O) groups excluding carboxylic acids is 1. The smallest absolute Gasteiger partial charge is 0.332 e. The lowest BCUT2D eigenvalue weighted by molar-refractivity contribution is -0.186. The highest BCUT2D eigenvalue weighted by Crippen LogP contribution is 2.21. The monoisotopic (exact) mass is 384 g/mol. The van der Waals surface area contributed by atoms with Crippen molar-refractivity contribution in [1.82, 2.24) is 9.21 Å². The number of benzene rings is 1. The molecule has 1 aliphatic heterocycles. The number of piperazine rings is 1. The first-order valence-corrected chi connectivity index (χ1v) is 7.97. The fourth-order valence-corrected chi connectivity index (χ4v) is 3.73. The average Bonchev–Trinajstić information content (AvgIpc) is 2.45. The second-order valence-electron chi connectivity index (χ2n) is 4.43. The number of rotatable bonds is 2. The van der Waals surface area contributed by atoms with Gasteiger partial charge in [0.25, 0.3) is 0 Å². The third-order valence-electron chi connectivity index (χ3n) is 3.00. The molecule has 1 fully saturated rings. The van der Waals surface area contributed by atoms with E-state index >= 15 is 0 Å². The summed E-state index contributed by atoms with van der Waals surface area (Å²) in [6, 6.07) is 6.92. The Morgan fingerprint density at radius 3 is 2.33 bits per heavy atom. The number of halogens is 4. The molecule has 1 aromatic carbocycles. The maximum absolute atomic E-state index is 12.3. The molecule has 1 amide bonds. The highest BCUT2D eigenvalue weighted by Gasteiger charge is 2.43. The van der Waals surface area contributed by atoms with Crippen molar-refractivity contribution in [2.75, 3.05) is 26.2 Å². The standard InChI is InChI=1S/C12H12BrF3N2O2S/c13-9-2-1-3-10(8-9)21(20)18-6-4-17(5-7-18)11(19)12(14,15)16/h1-3,8H,4-7H2. The van der Waals surface area contributed by atoms with Crippen LogP contribution in [0.5, 0.6) is 0 Å². The van der Waals surface area contributed by atoms with Gasteiger partial charge in [-0.15, -0.1) is 0 Å². The minimum Gasteiger partial charge on any atom is -0.332 e. The normalized spacial score (nSPS) is 18.6. The highest BCUT2D eigenvalue weighted by atomic mass is 79.9. The molecule has 0 aliphatic carbocycles. The molecule has 9 heteroatoms. The summed E-state index contributed by atoms with van der Waals surface area (Å²) in [5.74, 6) is -1.84. The van der Waals surface area contributed by atoms with Gasteiger partial charge >= 0.3 is 12.1 Å². The lowest BCUT2D eigenvalue weighted by atomic mass is 10.3. The summed E-state index contributed by atoms with van der Waals surface area (Å²) in [5, 5.41) is 0. The van der Waals surface area contributed by atoms with Gasteiger partial charge in [0.15, 0.2) is 0 Å². The van der Waals surface area contributed by atoms with E-state index in [1.54, 1.807) is 28.6 Å². The second kappa shape index (κ2) is 6.45. The van der Waals surface area contributed by atoms with Crippen molar-refractivity contribution in [3.63, 3.8) is 0 Å². The zero-order valence-corrected chi connectivity index (χ0v) is 13.2. The Balaban J connectivity index is 1.98. The Labute approximate surface area is 130 Å². The van der Waals surface area contributed by atoms with E-state index in [2.05, 4.69) is 15.9 Å². The van der Waals surface area contributed by atoms with Gasteiger partial charge in [-0.25, -0.2) is 8.51 Å². The Bertz CT molecular complexity index is 560. The molecule has 0 saturated carbocycles. The average molecular weight is 385 g/mol.